The zero-order valence-electron chi connectivity index (χ0n) is 13.9. The molecule has 0 heterocycles. The predicted octanol–water partition coefficient (Wildman–Crippen LogP) is 5.63. The maximum atomic E-state index is 12.0. The highest BCUT2D eigenvalue weighted by Gasteiger charge is 2.08. The molecule has 0 unspecified atom stereocenters. The molecule has 1 amide bonds. The smallest absolute Gasteiger partial charge is 0.226 e. The van der Waals surface area contributed by atoms with E-state index in [2.05, 4.69) is 10.6 Å². The molecule has 0 radical (unpaired) electrons. The minimum Gasteiger partial charge on any atom is -0.492 e. The minimum atomic E-state index is -0.201. The number of carbonyl (C=O) groups is 1. The van der Waals surface area contributed by atoms with E-state index in [9.17, 15) is 4.79 Å². The molecule has 8 heteroatoms. The number of ether oxygens (including phenoxy) is 1. The van der Waals surface area contributed by atoms with Gasteiger partial charge in [0.1, 0.15) is 5.75 Å². The first kappa shape index (κ1) is 20.8. The third-order valence-corrected chi connectivity index (χ3v) is 4.61. The minimum absolute atomic E-state index is 0.201. The Balaban J connectivity index is 1.73. The molecule has 0 saturated carbocycles. The highest BCUT2D eigenvalue weighted by atomic mass is 35.5. The van der Waals surface area contributed by atoms with Gasteiger partial charge in [-0.05, 0) is 61.5 Å². The molecule has 26 heavy (non-hydrogen) atoms. The van der Waals surface area contributed by atoms with Gasteiger partial charge in [0, 0.05) is 22.2 Å². The molecular formula is C18H17Cl3N2O2S. The summed E-state index contributed by atoms with van der Waals surface area (Å²) < 4.78 is 5.54. The van der Waals surface area contributed by atoms with E-state index in [1.165, 1.54) is 0 Å². The van der Waals surface area contributed by atoms with E-state index in [-0.39, 0.29) is 17.4 Å². The lowest BCUT2D eigenvalue weighted by Gasteiger charge is -2.12. The zero-order chi connectivity index (χ0) is 19.1. The molecule has 0 aromatic heterocycles. The van der Waals surface area contributed by atoms with Gasteiger partial charge in [-0.2, -0.15) is 0 Å². The van der Waals surface area contributed by atoms with E-state index in [1.807, 2.05) is 13.0 Å². The summed E-state index contributed by atoms with van der Waals surface area (Å²) in [5.74, 6) is 0.332. The monoisotopic (exact) mass is 430 g/mol. The largest absolute Gasteiger partial charge is 0.492 e. The van der Waals surface area contributed by atoms with Crippen molar-refractivity contribution in [3.8, 4) is 5.75 Å². The quantitative estimate of drug-likeness (QED) is 0.460. The second-order valence-electron chi connectivity index (χ2n) is 5.44. The number of thiocarbonyl (C=S) groups is 1. The fourth-order valence-electron chi connectivity index (χ4n) is 2.09. The standard InChI is InChI=1S/C18H17Cl3N2O2S/c1-11-13(20)4-2-5-15(11)22-18(26)23-17(24)6-3-9-25-16-8-7-12(19)10-14(16)21/h2,4-5,7-8,10H,3,6,9H2,1H3,(H2,22,23,24,26). The van der Waals surface area contributed by atoms with Crippen LogP contribution in [0.15, 0.2) is 36.4 Å². The molecule has 2 N–H and O–H groups in total. The summed E-state index contributed by atoms with van der Waals surface area (Å²) in [6.45, 7) is 2.22. The van der Waals surface area contributed by atoms with Gasteiger partial charge in [-0.25, -0.2) is 0 Å². The van der Waals surface area contributed by atoms with Crippen LogP contribution in [-0.2, 0) is 4.79 Å². The number of hydrogen-bond acceptors (Lipinski definition) is 3. The van der Waals surface area contributed by atoms with Crippen LogP contribution >= 0.6 is 47.0 Å². The lowest BCUT2D eigenvalue weighted by Crippen LogP contribution is -2.34. The summed E-state index contributed by atoms with van der Waals surface area (Å²) in [5, 5.41) is 7.42. The van der Waals surface area contributed by atoms with Crippen molar-refractivity contribution in [1.29, 1.82) is 0 Å². The van der Waals surface area contributed by atoms with Crippen molar-refractivity contribution < 1.29 is 9.53 Å². The Bertz CT molecular complexity index is 815. The molecule has 138 valence electrons. The fraction of sp³-hybridized carbons (Fsp3) is 0.222. The number of amides is 1. The summed E-state index contributed by atoms with van der Waals surface area (Å²) in [4.78, 5) is 12.0. The summed E-state index contributed by atoms with van der Waals surface area (Å²) in [6.07, 6.45) is 0.783. The van der Waals surface area contributed by atoms with Crippen LogP contribution in [0.1, 0.15) is 18.4 Å². The number of nitrogens with one attached hydrogen (secondary N) is 2. The molecule has 0 aliphatic heterocycles. The third kappa shape index (κ3) is 6.32. The van der Waals surface area contributed by atoms with E-state index in [0.29, 0.717) is 33.8 Å². The normalized spacial score (nSPS) is 10.3. The van der Waals surface area contributed by atoms with Gasteiger partial charge in [0.25, 0.3) is 0 Å². The van der Waals surface area contributed by atoms with Gasteiger partial charge in [0.05, 0.1) is 11.6 Å². The molecule has 0 spiro atoms. The molecule has 0 aliphatic rings. The Morgan fingerprint density at radius 2 is 1.92 bits per heavy atom. The van der Waals surface area contributed by atoms with Crippen molar-refractivity contribution in [2.45, 2.75) is 19.8 Å². The Labute approximate surface area is 172 Å². The van der Waals surface area contributed by atoms with Gasteiger partial charge in [-0.1, -0.05) is 40.9 Å². The van der Waals surface area contributed by atoms with Gasteiger partial charge < -0.3 is 15.4 Å². The van der Waals surface area contributed by atoms with Crippen molar-refractivity contribution >= 4 is 63.7 Å². The summed E-state index contributed by atoms with van der Waals surface area (Å²) in [6, 6.07) is 10.4. The number of rotatable bonds is 6. The molecule has 0 aliphatic carbocycles. The summed E-state index contributed by atoms with van der Waals surface area (Å²) in [5.41, 5.74) is 1.61. The van der Waals surface area contributed by atoms with Crippen molar-refractivity contribution in [3.05, 3.63) is 57.0 Å². The van der Waals surface area contributed by atoms with E-state index >= 15 is 0 Å². The van der Waals surface area contributed by atoms with Crippen LogP contribution < -0.4 is 15.4 Å². The average Bonchev–Trinajstić information content (AvgIpc) is 2.57. The molecule has 2 aromatic carbocycles. The summed E-state index contributed by atoms with van der Waals surface area (Å²) in [7, 11) is 0. The van der Waals surface area contributed by atoms with Crippen LogP contribution in [0.25, 0.3) is 0 Å². The highest BCUT2D eigenvalue weighted by molar-refractivity contribution is 7.80. The first-order valence-corrected chi connectivity index (χ1v) is 9.35. The van der Waals surface area contributed by atoms with Gasteiger partial charge in [-0.3, -0.25) is 4.79 Å². The molecule has 0 atom stereocenters. The van der Waals surface area contributed by atoms with Crippen molar-refractivity contribution in [1.82, 2.24) is 5.32 Å². The molecule has 0 fully saturated rings. The molecule has 0 bridgehead atoms. The maximum absolute atomic E-state index is 12.0. The number of benzene rings is 2. The number of anilines is 1. The van der Waals surface area contributed by atoms with Crippen LogP contribution in [0, 0.1) is 6.92 Å². The van der Waals surface area contributed by atoms with Crippen LogP contribution in [0.5, 0.6) is 5.75 Å². The average molecular weight is 432 g/mol. The second-order valence-corrected chi connectivity index (χ2v) is 7.10. The van der Waals surface area contributed by atoms with E-state index in [0.717, 1.165) is 11.3 Å². The Kier molecular flexibility index (Phi) is 7.97. The molecule has 2 aromatic rings. The van der Waals surface area contributed by atoms with Crippen LogP contribution in [0.4, 0.5) is 5.69 Å². The number of carbonyl (C=O) groups excluding carboxylic acids is 1. The SMILES string of the molecule is Cc1c(Cl)cccc1NC(=S)NC(=O)CCCOc1ccc(Cl)cc1Cl. The number of halogens is 3. The van der Waals surface area contributed by atoms with E-state index < -0.39 is 0 Å². The lowest BCUT2D eigenvalue weighted by atomic mass is 10.2. The molecule has 2 rings (SSSR count). The summed E-state index contributed by atoms with van der Waals surface area (Å²) >= 11 is 23.1. The Morgan fingerprint density at radius 3 is 2.65 bits per heavy atom. The van der Waals surface area contributed by atoms with Gasteiger partial charge >= 0.3 is 0 Å². The Morgan fingerprint density at radius 1 is 1.15 bits per heavy atom. The van der Waals surface area contributed by atoms with E-state index in [4.69, 9.17) is 51.8 Å². The predicted molar refractivity (Wildman–Crippen MR) is 112 cm³/mol. The first-order valence-electron chi connectivity index (χ1n) is 7.80. The third-order valence-electron chi connectivity index (χ3n) is 3.47. The fourth-order valence-corrected chi connectivity index (χ4v) is 2.95. The van der Waals surface area contributed by atoms with Crippen molar-refractivity contribution in [3.63, 3.8) is 0 Å². The van der Waals surface area contributed by atoms with Crippen molar-refractivity contribution in [2.75, 3.05) is 11.9 Å². The van der Waals surface area contributed by atoms with E-state index in [1.54, 1.807) is 30.3 Å². The van der Waals surface area contributed by atoms with Crippen LogP contribution in [-0.4, -0.2) is 17.6 Å². The van der Waals surface area contributed by atoms with Crippen LogP contribution in [0.3, 0.4) is 0 Å². The van der Waals surface area contributed by atoms with Crippen molar-refractivity contribution in [2.24, 2.45) is 0 Å². The number of hydrogen-bond donors (Lipinski definition) is 2. The van der Waals surface area contributed by atoms with Gasteiger partial charge in [0.15, 0.2) is 5.11 Å². The topological polar surface area (TPSA) is 50.4 Å². The molecular weight excluding hydrogens is 415 g/mol. The van der Waals surface area contributed by atoms with Gasteiger partial charge in [0.2, 0.25) is 5.91 Å². The zero-order valence-corrected chi connectivity index (χ0v) is 17.0. The van der Waals surface area contributed by atoms with Gasteiger partial charge in [-0.15, -0.1) is 0 Å². The lowest BCUT2D eigenvalue weighted by molar-refractivity contribution is -0.119. The maximum Gasteiger partial charge on any atom is 0.226 e. The first-order chi connectivity index (χ1) is 12.4. The second kappa shape index (κ2) is 9.97. The van der Waals surface area contributed by atoms with Crippen LogP contribution in [0.2, 0.25) is 15.1 Å². The molecule has 4 nitrogen and oxygen atoms in total. The highest BCUT2D eigenvalue weighted by Crippen LogP contribution is 2.27. The Hall–Kier alpha value is -1.53. The molecule has 0 saturated heterocycles.